The number of carbonyl (C=O) groups excluding carboxylic acids is 4. The molecule has 5 aliphatic rings. The van der Waals surface area contributed by atoms with Crippen molar-refractivity contribution in [2.75, 3.05) is 13.7 Å². The molecule has 1 aromatic heterocycles. The molecule has 2 saturated carbocycles. The van der Waals surface area contributed by atoms with E-state index in [1.54, 1.807) is 18.2 Å². The van der Waals surface area contributed by atoms with Gasteiger partial charge in [0.15, 0.2) is 5.78 Å². The molecule has 5 bridgehead atoms. The molecule has 53 heavy (non-hydrogen) atoms. The average molecular weight is 750 g/mol. The number of rotatable bonds is 4. The molecule has 288 valence electrons. The first kappa shape index (κ1) is 37.8. The van der Waals surface area contributed by atoms with E-state index in [1.807, 2.05) is 12.1 Å². The molecule has 2 amide bonds. The molecule has 3 aliphatic heterocycles. The van der Waals surface area contributed by atoms with Crippen molar-refractivity contribution in [3.05, 3.63) is 30.0 Å². The van der Waals surface area contributed by atoms with Gasteiger partial charge < -0.3 is 14.4 Å². The molecule has 5 atom stereocenters. The summed E-state index contributed by atoms with van der Waals surface area (Å²) in [7, 11) is -2.12. The number of aryl methyl sites for hydroxylation is 1. The second kappa shape index (κ2) is 16.1. The number of aromatic nitrogens is 1. The quantitative estimate of drug-likeness (QED) is 0.376. The minimum Gasteiger partial charge on any atom is -0.496 e. The van der Waals surface area contributed by atoms with E-state index >= 15 is 0 Å². The van der Waals surface area contributed by atoms with E-state index in [-0.39, 0.29) is 49.2 Å². The van der Waals surface area contributed by atoms with E-state index in [2.05, 4.69) is 15.8 Å². The third-order valence-electron chi connectivity index (χ3n) is 12.5. The average Bonchev–Trinajstić information content (AvgIpc) is 4.06. The number of hydrogen-bond acceptors (Lipinski definition) is 9. The zero-order valence-electron chi connectivity index (χ0n) is 31.1. The second-order valence-electron chi connectivity index (χ2n) is 16.4. The number of carbonyl (C=O) groups is 4. The molecule has 1 aromatic carbocycles. The van der Waals surface area contributed by atoms with Crippen molar-refractivity contribution in [3.63, 3.8) is 0 Å². The smallest absolute Gasteiger partial charge is 0.240 e. The first-order valence-electron chi connectivity index (χ1n) is 20.1. The lowest BCUT2D eigenvalue weighted by molar-refractivity contribution is -0.143. The fourth-order valence-corrected chi connectivity index (χ4v) is 10.5. The van der Waals surface area contributed by atoms with Gasteiger partial charge in [0.2, 0.25) is 27.7 Å². The Bertz CT molecular complexity index is 1830. The van der Waals surface area contributed by atoms with Gasteiger partial charge in [-0.25, -0.2) is 13.4 Å². The molecule has 4 heterocycles. The van der Waals surface area contributed by atoms with Crippen molar-refractivity contribution < 1.29 is 37.1 Å². The van der Waals surface area contributed by atoms with Crippen LogP contribution in [0.15, 0.2) is 24.4 Å². The number of nitrogens with one attached hydrogen (secondary N) is 1. The molecule has 2 saturated heterocycles. The second-order valence-corrected chi connectivity index (χ2v) is 18.4. The van der Waals surface area contributed by atoms with Crippen LogP contribution in [0.4, 0.5) is 0 Å². The van der Waals surface area contributed by atoms with Gasteiger partial charge in [-0.1, -0.05) is 51.4 Å². The molecule has 4 fully saturated rings. The van der Waals surface area contributed by atoms with E-state index in [4.69, 9.17) is 9.47 Å². The van der Waals surface area contributed by atoms with Crippen LogP contribution in [-0.4, -0.2) is 72.7 Å². The lowest BCUT2D eigenvalue weighted by atomic mass is 9.89. The zero-order valence-corrected chi connectivity index (χ0v) is 31.9. The van der Waals surface area contributed by atoms with Gasteiger partial charge in [0.25, 0.3) is 0 Å². The molecule has 7 rings (SSSR count). The normalized spacial score (nSPS) is 29.6. The van der Waals surface area contributed by atoms with Gasteiger partial charge in [0.05, 0.1) is 30.4 Å². The summed E-state index contributed by atoms with van der Waals surface area (Å²) < 4.78 is 40.5. The minimum absolute atomic E-state index is 0.0824. The zero-order chi connectivity index (χ0) is 37.2. The van der Waals surface area contributed by atoms with Crippen LogP contribution in [0.25, 0.3) is 10.8 Å². The van der Waals surface area contributed by atoms with Crippen LogP contribution in [0, 0.1) is 17.3 Å². The molecular weight excluding hydrogens is 695 g/mol. The summed E-state index contributed by atoms with van der Waals surface area (Å²) in [4.78, 5) is 62.6. The standard InChI is InChI=1S/C41H55N3O8S/c1-51-37-22-27-18-19-42-38-34(27)21-28(37)12-8-4-3-7-11-15-31(45)20-29-13-9-5-2-6-10-14-30-24-41(30,40(48)43-53(49,50)33-16-17-33)25-36(46)35-23-32(52-38)26-44(35)39(29)47/h18-19,21-22,29-30,32-33,35H,2-17,20,23-26H2,1H3,(H,43,48)/t29-,30+,32-,35+,41-/m1/s1. The molecule has 0 spiro atoms. The van der Waals surface area contributed by atoms with Crippen molar-refractivity contribution in [1.29, 1.82) is 0 Å². The predicted octanol–water partition coefficient (Wildman–Crippen LogP) is 6.38. The lowest BCUT2D eigenvalue weighted by Crippen LogP contribution is -2.46. The van der Waals surface area contributed by atoms with Gasteiger partial charge in [-0.15, -0.1) is 0 Å². The maximum Gasteiger partial charge on any atom is 0.240 e. The van der Waals surface area contributed by atoms with E-state index in [0.29, 0.717) is 38.0 Å². The van der Waals surface area contributed by atoms with Gasteiger partial charge in [0.1, 0.15) is 17.6 Å². The third kappa shape index (κ3) is 8.57. The largest absolute Gasteiger partial charge is 0.496 e. The molecule has 12 heteroatoms. The van der Waals surface area contributed by atoms with E-state index < -0.39 is 44.7 Å². The number of benzene rings is 1. The fourth-order valence-electron chi connectivity index (χ4n) is 9.15. The van der Waals surface area contributed by atoms with Gasteiger partial charge in [-0.2, -0.15) is 0 Å². The number of ether oxygens (including phenoxy) is 2. The van der Waals surface area contributed by atoms with E-state index in [9.17, 15) is 27.6 Å². The van der Waals surface area contributed by atoms with Crippen LogP contribution >= 0.6 is 0 Å². The van der Waals surface area contributed by atoms with Crippen LogP contribution in [0.5, 0.6) is 11.6 Å². The Morgan fingerprint density at radius 1 is 0.943 bits per heavy atom. The monoisotopic (exact) mass is 749 g/mol. The Morgan fingerprint density at radius 2 is 1.66 bits per heavy atom. The highest BCUT2D eigenvalue weighted by Crippen LogP contribution is 2.59. The van der Waals surface area contributed by atoms with Crippen molar-refractivity contribution in [2.45, 2.75) is 146 Å². The number of pyridine rings is 1. The van der Waals surface area contributed by atoms with Crippen LogP contribution in [0.3, 0.4) is 0 Å². The highest BCUT2D eigenvalue weighted by atomic mass is 32.2. The Balaban J connectivity index is 1.22. The SMILES string of the molecule is COc1cc2ccnc3c2cc1CCCCCCCC(=O)C[C@H]1CCCCCCC[C@H]2C[C@@]2(C(=O)NS(=O)(=O)C2CC2)CC(=O)[C@@H]2C[C@H](CN2C1=O)O3. The summed E-state index contributed by atoms with van der Waals surface area (Å²) in [5.41, 5.74) is -0.0515. The van der Waals surface area contributed by atoms with Crippen LogP contribution in [0.2, 0.25) is 0 Å². The summed E-state index contributed by atoms with van der Waals surface area (Å²) in [6.07, 6.45) is 14.8. The Labute approximate surface area is 313 Å². The topological polar surface area (TPSA) is 149 Å². The van der Waals surface area contributed by atoms with E-state index in [0.717, 1.165) is 99.1 Å². The first-order valence-corrected chi connectivity index (χ1v) is 21.7. The van der Waals surface area contributed by atoms with Crippen molar-refractivity contribution in [3.8, 4) is 11.6 Å². The maximum absolute atomic E-state index is 14.6. The number of sulfonamides is 1. The molecule has 2 aliphatic carbocycles. The van der Waals surface area contributed by atoms with Crippen LogP contribution in [0.1, 0.15) is 128 Å². The van der Waals surface area contributed by atoms with Gasteiger partial charge in [0, 0.05) is 43.2 Å². The van der Waals surface area contributed by atoms with Gasteiger partial charge >= 0.3 is 0 Å². The number of ketones is 2. The van der Waals surface area contributed by atoms with Crippen molar-refractivity contribution >= 4 is 44.2 Å². The molecule has 1 N–H and O–H groups in total. The first-order chi connectivity index (χ1) is 25.6. The Kier molecular flexibility index (Phi) is 11.4. The molecule has 0 unspecified atom stereocenters. The Morgan fingerprint density at radius 3 is 2.42 bits per heavy atom. The van der Waals surface area contributed by atoms with E-state index in [1.165, 1.54) is 0 Å². The van der Waals surface area contributed by atoms with Gasteiger partial charge in [-0.05, 0) is 86.4 Å². The highest BCUT2D eigenvalue weighted by Gasteiger charge is 2.62. The van der Waals surface area contributed by atoms with Crippen molar-refractivity contribution in [1.82, 2.24) is 14.6 Å². The Hall–Kier alpha value is -3.54. The highest BCUT2D eigenvalue weighted by molar-refractivity contribution is 7.90. The van der Waals surface area contributed by atoms with Crippen LogP contribution < -0.4 is 14.2 Å². The summed E-state index contributed by atoms with van der Waals surface area (Å²) in [5.74, 6) is -0.372. The fraction of sp³-hybridized carbons (Fsp3) is 0.683. The maximum atomic E-state index is 14.6. The minimum atomic E-state index is -3.79. The predicted molar refractivity (Wildman–Crippen MR) is 200 cm³/mol. The molecular formula is C41H55N3O8S. The summed E-state index contributed by atoms with van der Waals surface area (Å²) >= 11 is 0. The summed E-state index contributed by atoms with van der Waals surface area (Å²) in [6.45, 7) is 0.152. The summed E-state index contributed by atoms with van der Waals surface area (Å²) in [5, 5.41) is 1.19. The lowest BCUT2D eigenvalue weighted by Gasteiger charge is -2.29. The number of amides is 2. The number of nitrogens with zero attached hydrogens (tertiary/aromatic N) is 2. The number of hydrogen-bond donors (Lipinski definition) is 1. The third-order valence-corrected chi connectivity index (χ3v) is 14.3. The number of methoxy groups -OCH3 is 1. The summed E-state index contributed by atoms with van der Waals surface area (Å²) in [6, 6.07) is 5.13. The number of Topliss-reactive ketones (excluding diaryl/α,β-unsaturated/α-hetero) is 2. The van der Waals surface area contributed by atoms with Gasteiger partial charge in [-0.3, -0.25) is 23.9 Å². The van der Waals surface area contributed by atoms with Crippen LogP contribution in [-0.2, 0) is 35.6 Å². The molecule has 11 nitrogen and oxygen atoms in total. The number of fused-ring (bicyclic) bond motifs is 4. The molecule has 0 radical (unpaired) electrons. The molecule has 2 aromatic rings. The van der Waals surface area contributed by atoms with Crippen molar-refractivity contribution in [2.24, 2.45) is 17.3 Å².